The van der Waals surface area contributed by atoms with Crippen LogP contribution in [-0.2, 0) is 6.42 Å². The molecule has 1 aromatic heterocycles. The minimum absolute atomic E-state index is 0.468. The summed E-state index contributed by atoms with van der Waals surface area (Å²) in [4.78, 5) is 4.41. The zero-order valence-electron chi connectivity index (χ0n) is 10.9. The molecule has 106 valence electrons. The van der Waals surface area contributed by atoms with E-state index in [2.05, 4.69) is 42.0 Å². The number of rotatable bonds is 3. The van der Waals surface area contributed by atoms with Crippen LogP contribution in [0, 0.1) is 0 Å². The molecule has 0 aliphatic rings. The molecule has 0 saturated heterocycles. The molecule has 3 rings (SSSR count). The molecule has 0 aliphatic carbocycles. The van der Waals surface area contributed by atoms with E-state index in [1.807, 2.05) is 42.5 Å². The van der Waals surface area contributed by atoms with Crippen molar-refractivity contribution in [1.82, 2.24) is 10.1 Å². The molecule has 0 atom stereocenters. The van der Waals surface area contributed by atoms with Gasteiger partial charge in [-0.25, -0.2) is 0 Å². The molecule has 21 heavy (non-hydrogen) atoms. The molecule has 0 bridgehead atoms. The van der Waals surface area contributed by atoms with Gasteiger partial charge in [-0.2, -0.15) is 4.98 Å². The predicted octanol–water partition coefficient (Wildman–Crippen LogP) is 4.43. The predicted molar refractivity (Wildman–Crippen MR) is 88.8 cm³/mol. The fourth-order valence-electron chi connectivity index (χ4n) is 1.96. The molecule has 0 radical (unpaired) electrons. The molecule has 0 saturated carbocycles. The molecule has 3 aromatic rings. The van der Waals surface area contributed by atoms with Gasteiger partial charge in [0.05, 0.1) is 0 Å². The Kier molecular flexibility index (Phi) is 4.07. The second-order valence-corrected chi connectivity index (χ2v) is 6.42. The summed E-state index contributed by atoms with van der Waals surface area (Å²) in [5.41, 5.74) is 8.39. The van der Waals surface area contributed by atoms with Crippen molar-refractivity contribution < 1.29 is 4.52 Å². The zero-order chi connectivity index (χ0) is 14.8. The SMILES string of the molecule is Nc1cc(Br)cc(-c2nc(Cc3ccc(Br)cc3)no2)c1. The highest BCUT2D eigenvalue weighted by molar-refractivity contribution is 9.10. The van der Waals surface area contributed by atoms with E-state index in [9.17, 15) is 0 Å². The number of aromatic nitrogens is 2. The average molecular weight is 409 g/mol. The van der Waals surface area contributed by atoms with Gasteiger partial charge in [-0.05, 0) is 35.9 Å². The number of benzene rings is 2. The lowest BCUT2D eigenvalue weighted by atomic mass is 10.1. The van der Waals surface area contributed by atoms with Gasteiger partial charge in [0.2, 0.25) is 0 Å². The normalized spacial score (nSPS) is 10.8. The lowest BCUT2D eigenvalue weighted by Gasteiger charge is -1.98. The molecule has 4 nitrogen and oxygen atoms in total. The highest BCUT2D eigenvalue weighted by atomic mass is 79.9. The number of anilines is 1. The van der Waals surface area contributed by atoms with Gasteiger partial charge in [0.15, 0.2) is 5.82 Å². The summed E-state index contributed by atoms with van der Waals surface area (Å²) >= 11 is 6.82. The summed E-state index contributed by atoms with van der Waals surface area (Å²) in [6.45, 7) is 0. The maximum atomic E-state index is 5.82. The van der Waals surface area contributed by atoms with E-state index in [0.29, 0.717) is 23.8 Å². The molecule has 2 N–H and O–H groups in total. The monoisotopic (exact) mass is 407 g/mol. The van der Waals surface area contributed by atoms with E-state index >= 15 is 0 Å². The Labute approximate surface area is 138 Å². The Morgan fingerprint density at radius 2 is 1.76 bits per heavy atom. The van der Waals surface area contributed by atoms with Crippen LogP contribution in [0.2, 0.25) is 0 Å². The molecule has 0 fully saturated rings. The number of hydrogen-bond acceptors (Lipinski definition) is 4. The Hall–Kier alpha value is -1.66. The highest BCUT2D eigenvalue weighted by Gasteiger charge is 2.10. The molecular formula is C15H11Br2N3O. The largest absolute Gasteiger partial charge is 0.399 e. The lowest BCUT2D eigenvalue weighted by Crippen LogP contribution is -1.91. The van der Waals surface area contributed by atoms with Gasteiger partial charge in [0.1, 0.15) is 0 Å². The van der Waals surface area contributed by atoms with Crippen LogP contribution < -0.4 is 5.73 Å². The number of halogens is 2. The van der Waals surface area contributed by atoms with Crippen LogP contribution in [0.5, 0.6) is 0 Å². The summed E-state index contributed by atoms with van der Waals surface area (Å²) in [5, 5.41) is 4.02. The first-order valence-electron chi connectivity index (χ1n) is 6.23. The summed E-state index contributed by atoms with van der Waals surface area (Å²) in [5.74, 6) is 1.11. The lowest BCUT2D eigenvalue weighted by molar-refractivity contribution is 0.424. The third kappa shape index (κ3) is 3.51. The molecule has 0 amide bonds. The van der Waals surface area contributed by atoms with Crippen molar-refractivity contribution in [1.29, 1.82) is 0 Å². The Morgan fingerprint density at radius 1 is 1.00 bits per heavy atom. The van der Waals surface area contributed by atoms with Gasteiger partial charge in [-0.15, -0.1) is 0 Å². The van der Waals surface area contributed by atoms with E-state index < -0.39 is 0 Å². The van der Waals surface area contributed by atoms with Crippen LogP contribution in [-0.4, -0.2) is 10.1 Å². The van der Waals surface area contributed by atoms with E-state index in [1.54, 1.807) is 0 Å². The van der Waals surface area contributed by atoms with Crippen LogP contribution >= 0.6 is 31.9 Å². The number of nitrogen functional groups attached to an aromatic ring is 1. The van der Waals surface area contributed by atoms with Crippen LogP contribution in [0.15, 0.2) is 55.9 Å². The zero-order valence-corrected chi connectivity index (χ0v) is 14.1. The van der Waals surface area contributed by atoms with Crippen molar-refractivity contribution in [2.45, 2.75) is 6.42 Å². The maximum absolute atomic E-state index is 5.82. The Bertz CT molecular complexity index is 749. The Balaban J connectivity index is 1.84. The first-order valence-corrected chi connectivity index (χ1v) is 7.82. The first kappa shape index (κ1) is 14.3. The molecule has 2 aromatic carbocycles. The van der Waals surface area contributed by atoms with Gasteiger partial charge in [-0.3, -0.25) is 0 Å². The van der Waals surface area contributed by atoms with Crippen molar-refractivity contribution in [3.8, 4) is 11.5 Å². The first-order chi connectivity index (χ1) is 10.1. The average Bonchev–Trinajstić information content (AvgIpc) is 2.89. The summed E-state index contributed by atoms with van der Waals surface area (Å²) in [6, 6.07) is 13.6. The standard InChI is InChI=1S/C15H11Br2N3O/c16-11-3-1-9(2-4-11)5-14-19-15(21-20-14)10-6-12(17)8-13(18)7-10/h1-4,6-8H,5,18H2. The second-order valence-electron chi connectivity index (χ2n) is 4.59. The van der Waals surface area contributed by atoms with Crippen LogP contribution in [0.4, 0.5) is 5.69 Å². The van der Waals surface area contributed by atoms with E-state index in [4.69, 9.17) is 10.3 Å². The molecule has 0 spiro atoms. The fourth-order valence-corrected chi connectivity index (χ4v) is 2.74. The van der Waals surface area contributed by atoms with Crippen molar-refractivity contribution in [2.24, 2.45) is 0 Å². The molecule has 0 aliphatic heterocycles. The minimum atomic E-state index is 0.468. The van der Waals surface area contributed by atoms with Gasteiger partial charge in [-0.1, -0.05) is 49.1 Å². The van der Waals surface area contributed by atoms with Crippen LogP contribution in [0.1, 0.15) is 11.4 Å². The van der Waals surface area contributed by atoms with Gasteiger partial charge in [0.25, 0.3) is 5.89 Å². The summed E-state index contributed by atoms with van der Waals surface area (Å²) in [7, 11) is 0. The van der Waals surface area contributed by atoms with Crippen molar-refractivity contribution in [2.75, 3.05) is 5.73 Å². The maximum Gasteiger partial charge on any atom is 0.258 e. The molecular weight excluding hydrogens is 398 g/mol. The topological polar surface area (TPSA) is 64.9 Å². The minimum Gasteiger partial charge on any atom is -0.399 e. The van der Waals surface area contributed by atoms with E-state index in [1.165, 1.54) is 0 Å². The molecule has 1 heterocycles. The van der Waals surface area contributed by atoms with Crippen molar-refractivity contribution in [3.05, 3.63) is 62.8 Å². The number of hydrogen-bond donors (Lipinski definition) is 1. The third-order valence-electron chi connectivity index (χ3n) is 2.91. The number of nitrogens with two attached hydrogens (primary N) is 1. The van der Waals surface area contributed by atoms with Crippen LogP contribution in [0.25, 0.3) is 11.5 Å². The summed E-state index contributed by atoms with van der Waals surface area (Å²) in [6.07, 6.45) is 0.625. The van der Waals surface area contributed by atoms with Crippen LogP contribution in [0.3, 0.4) is 0 Å². The highest BCUT2D eigenvalue weighted by Crippen LogP contribution is 2.25. The third-order valence-corrected chi connectivity index (χ3v) is 3.90. The smallest absolute Gasteiger partial charge is 0.258 e. The molecule has 6 heteroatoms. The number of nitrogens with zero attached hydrogens (tertiary/aromatic N) is 2. The van der Waals surface area contributed by atoms with E-state index in [-0.39, 0.29) is 0 Å². The van der Waals surface area contributed by atoms with Gasteiger partial charge in [0, 0.05) is 26.6 Å². The van der Waals surface area contributed by atoms with E-state index in [0.717, 1.165) is 20.1 Å². The fraction of sp³-hybridized carbons (Fsp3) is 0.0667. The van der Waals surface area contributed by atoms with Gasteiger partial charge >= 0.3 is 0 Å². The van der Waals surface area contributed by atoms with Crippen molar-refractivity contribution in [3.63, 3.8) is 0 Å². The molecule has 0 unspecified atom stereocenters. The Morgan fingerprint density at radius 3 is 2.48 bits per heavy atom. The second kappa shape index (κ2) is 5.99. The quantitative estimate of drug-likeness (QED) is 0.650. The summed E-state index contributed by atoms with van der Waals surface area (Å²) < 4.78 is 7.24. The van der Waals surface area contributed by atoms with Crippen molar-refractivity contribution >= 4 is 37.5 Å². The van der Waals surface area contributed by atoms with Gasteiger partial charge < -0.3 is 10.3 Å².